The Bertz CT molecular complexity index is 1200. The highest BCUT2D eigenvalue weighted by molar-refractivity contribution is 6.02. The predicted octanol–water partition coefficient (Wildman–Crippen LogP) is 7.00. The summed E-state index contributed by atoms with van der Waals surface area (Å²) in [6.07, 6.45) is 10.3. The van der Waals surface area contributed by atoms with Crippen molar-refractivity contribution in [3.05, 3.63) is 78.0 Å². The minimum absolute atomic E-state index is 0.149. The van der Waals surface area contributed by atoms with Gasteiger partial charge in [0.15, 0.2) is 5.78 Å². The number of benzene rings is 2. The Labute approximate surface area is 215 Å². The van der Waals surface area contributed by atoms with E-state index in [1.54, 1.807) is 0 Å². The first-order chi connectivity index (χ1) is 17.7. The van der Waals surface area contributed by atoms with E-state index in [1.807, 2.05) is 36.5 Å². The van der Waals surface area contributed by atoms with Gasteiger partial charge in [-0.25, -0.2) is 0 Å². The van der Waals surface area contributed by atoms with Crippen molar-refractivity contribution in [2.24, 2.45) is 11.8 Å². The highest BCUT2D eigenvalue weighted by atomic mass is 16.5. The van der Waals surface area contributed by atoms with Crippen molar-refractivity contribution in [3.8, 4) is 0 Å². The molecule has 0 amide bonds. The molecule has 1 saturated carbocycles. The lowest BCUT2D eigenvalue weighted by molar-refractivity contribution is -0.142. The number of ketones is 1. The number of Topliss-reactive ketones (excluding diaryl/α,β-unsaturated/α-hetero) is 1. The number of hydrogen-bond acceptors (Lipinski definition) is 4. The van der Waals surface area contributed by atoms with Crippen LogP contribution < -0.4 is 0 Å². The summed E-state index contributed by atoms with van der Waals surface area (Å²) in [5, 5.41) is 1.15. The Morgan fingerprint density at radius 3 is 2.58 bits per heavy atom. The highest BCUT2D eigenvalue weighted by Gasteiger charge is 2.49. The third-order valence-electron chi connectivity index (χ3n) is 9.26. The Morgan fingerprint density at radius 2 is 1.83 bits per heavy atom. The van der Waals surface area contributed by atoms with E-state index in [-0.39, 0.29) is 11.9 Å². The smallest absolute Gasteiger partial charge is 0.194 e. The van der Waals surface area contributed by atoms with Gasteiger partial charge in [-0.1, -0.05) is 81.1 Å². The van der Waals surface area contributed by atoms with Crippen LogP contribution in [-0.2, 0) is 4.74 Å². The number of ether oxygens (including phenoxy) is 1. The fourth-order valence-corrected chi connectivity index (χ4v) is 7.29. The van der Waals surface area contributed by atoms with Gasteiger partial charge in [0.05, 0.1) is 5.52 Å². The molecule has 2 aromatic carbocycles. The molecule has 3 aromatic rings. The maximum Gasteiger partial charge on any atom is 0.194 e. The fourth-order valence-electron chi connectivity index (χ4n) is 7.29. The summed E-state index contributed by atoms with van der Waals surface area (Å²) in [4.78, 5) is 21.5. The van der Waals surface area contributed by atoms with Crippen LogP contribution >= 0.6 is 0 Å². The summed E-state index contributed by atoms with van der Waals surface area (Å²) in [7, 11) is 0. The van der Waals surface area contributed by atoms with E-state index in [1.165, 1.54) is 24.8 Å². The lowest BCUT2D eigenvalue weighted by atomic mass is 9.72. The van der Waals surface area contributed by atoms with Gasteiger partial charge in [-0.05, 0) is 61.8 Å². The van der Waals surface area contributed by atoms with Crippen LogP contribution in [-0.4, -0.2) is 40.4 Å². The number of rotatable bonds is 7. The van der Waals surface area contributed by atoms with Crippen LogP contribution in [0.1, 0.15) is 80.3 Å². The average molecular weight is 483 g/mol. The Morgan fingerprint density at radius 1 is 1.06 bits per heavy atom. The van der Waals surface area contributed by atoms with E-state index in [4.69, 9.17) is 4.74 Å². The quantitative estimate of drug-likeness (QED) is 0.340. The van der Waals surface area contributed by atoms with Crippen molar-refractivity contribution < 1.29 is 9.53 Å². The minimum Gasteiger partial charge on any atom is -0.357 e. The van der Waals surface area contributed by atoms with E-state index in [9.17, 15) is 4.79 Å². The number of pyridine rings is 1. The van der Waals surface area contributed by atoms with Crippen molar-refractivity contribution in [3.63, 3.8) is 0 Å². The summed E-state index contributed by atoms with van der Waals surface area (Å²) in [6.45, 7) is 4.62. The second-order valence-corrected chi connectivity index (χ2v) is 11.2. The number of aromatic nitrogens is 1. The van der Waals surface area contributed by atoms with Crippen molar-refractivity contribution in [1.82, 2.24) is 9.88 Å². The molecule has 4 fully saturated rings. The molecule has 4 aliphatic rings. The van der Waals surface area contributed by atoms with Gasteiger partial charge < -0.3 is 4.74 Å². The molecule has 1 unspecified atom stereocenters. The van der Waals surface area contributed by atoms with Gasteiger partial charge in [0.1, 0.15) is 11.7 Å². The van der Waals surface area contributed by atoms with Crippen molar-refractivity contribution >= 4 is 16.7 Å². The Kier molecular flexibility index (Phi) is 6.66. The molecule has 4 nitrogen and oxygen atoms in total. The van der Waals surface area contributed by atoms with Crippen molar-refractivity contribution in [2.75, 3.05) is 13.1 Å². The molecule has 188 valence electrons. The number of hydrogen-bond donors (Lipinski definition) is 0. The SMILES string of the molecule is CC[C@H]1CN2CC[C@H]1C[C@@H]2[C@@H](OC1(C(=O)c2ccccc2)CCCCC1)c1ccnc2ccccc12. The van der Waals surface area contributed by atoms with Crippen LogP contribution in [0.5, 0.6) is 0 Å². The van der Waals surface area contributed by atoms with Gasteiger partial charge in [-0.2, -0.15) is 0 Å². The van der Waals surface area contributed by atoms with Crippen LogP contribution in [0.4, 0.5) is 0 Å². The molecule has 4 heteroatoms. The van der Waals surface area contributed by atoms with Crippen LogP contribution in [0.2, 0.25) is 0 Å². The van der Waals surface area contributed by atoms with Crippen LogP contribution in [0.15, 0.2) is 66.9 Å². The second-order valence-electron chi connectivity index (χ2n) is 11.2. The Hall–Kier alpha value is -2.56. The fraction of sp³-hybridized carbons (Fsp3) is 0.500. The number of para-hydroxylation sites is 1. The van der Waals surface area contributed by atoms with E-state index < -0.39 is 5.60 Å². The van der Waals surface area contributed by atoms with E-state index in [2.05, 4.69) is 47.1 Å². The van der Waals surface area contributed by atoms with E-state index >= 15 is 0 Å². The molecule has 2 bridgehead atoms. The zero-order chi connectivity index (χ0) is 24.5. The van der Waals surface area contributed by atoms with Crippen molar-refractivity contribution in [1.29, 1.82) is 0 Å². The molecule has 3 aliphatic heterocycles. The highest BCUT2D eigenvalue weighted by Crippen LogP contribution is 2.47. The molecule has 7 rings (SSSR count). The summed E-state index contributed by atoms with van der Waals surface area (Å²) < 4.78 is 7.33. The molecule has 0 radical (unpaired) electrons. The monoisotopic (exact) mass is 482 g/mol. The van der Waals surface area contributed by atoms with Crippen molar-refractivity contribution in [2.45, 2.75) is 76.0 Å². The first kappa shape index (κ1) is 23.8. The minimum atomic E-state index is -0.767. The van der Waals surface area contributed by atoms with Gasteiger partial charge in [0.2, 0.25) is 0 Å². The van der Waals surface area contributed by atoms with Crippen LogP contribution in [0.3, 0.4) is 0 Å². The molecule has 3 saturated heterocycles. The van der Waals surface area contributed by atoms with Gasteiger partial charge in [0, 0.05) is 29.7 Å². The van der Waals surface area contributed by atoms with Crippen LogP contribution in [0, 0.1) is 11.8 Å². The van der Waals surface area contributed by atoms with Gasteiger partial charge >= 0.3 is 0 Å². The van der Waals surface area contributed by atoms with Gasteiger partial charge in [-0.15, -0.1) is 0 Å². The average Bonchev–Trinajstić information content (AvgIpc) is 2.96. The molecule has 1 aromatic heterocycles. The lowest BCUT2D eigenvalue weighted by Crippen LogP contribution is -2.57. The normalized spacial score (nSPS) is 28.1. The summed E-state index contributed by atoms with van der Waals surface area (Å²) in [5.41, 5.74) is 2.20. The Balaban J connectivity index is 1.44. The number of carbonyl (C=O) groups is 1. The van der Waals surface area contributed by atoms with Gasteiger partial charge in [0.25, 0.3) is 0 Å². The maximum absolute atomic E-state index is 14.1. The lowest BCUT2D eigenvalue weighted by Gasteiger charge is -2.53. The van der Waals surface area contributed by atoms with E-state index in [0.717, 1.165) is 73.5 Å². The first-order valence-corrected chi connectivity index (χ1v) is 14.0. The number of fused-ring (bicyclic) bond motifs is 4. The second kappa shape index (κ2) is 10.1. The molecule has 0 spiro atoms. The molecule has 5 atom stereocenters. The predicted molar refractivity (Wildman–Crippen MR) is 144 cm³/mol. The zero-order valence-corrected chi connectivity index (χ0v) is 21.4. The van der Waals surface area contributed by atoms with E-state index in [0.29, 0.717) is 6.04 Å². The first-order valence-electron chi connectivity index (χ1n) is 14.0. The molecular formula is C32H38N2O2. The summed E-state index contributed by atoms with van der Waals surface area (Å²) in [5.74, 6) is 1.68. The number of piperidine rings is 3. The van der Waals surface area contributed by atoms with Gasteiger partial charge in [-0.3, -0.25) is 14.7 Å². The number of carbonyl (C=O) groups excluding carboxylic acids is 1. The largest absolute Gasteiger partial charge is 0.357 e. The third-order valence-corrected chi connectivity index (χ3v) is 9.26. The molecule has 0 N–H and O–H groups in total. The zero-order valence-electron chi connectivity index (χ0n) is 21.4. The maximum atomic E-state index is 14.1. The topological polar surface area (TPSA) is 42.4 Å². The molecular weight excluding hydrogens is 444 g/mol. The standard InChI is InChI=1S/C32H38N2O2/c1-2-23-22-34-20-16-25(23)21-29(34)30(27-15-19-33-28-14-8-7-13-26(27)28)36-32(17-9-4-10-18-32)31(35)24-11-5-3-6-12-24/h3,5-8,11-15,19,23,25,29-30H,2,4,9-10,16-18,20-22H2,1H3/t23-,25-,29+,30-/m0/s1. The number of nitrogens with zero attached hydrogens (tertiary/aromatic N) is 2. The molecule has 1 aliphatic carbocycles. The molecule has 4 heterocycles. The van der Waals surface area contributed by atoms with Crippen LogP contribution in [0.25, 0.3) is 10.9 Å². The summed E-state index contributed by atoms with van der Waals surface area (Å²) >= 11 is 0. The third kappa shape index (κ3) is 4.29. The molecule has 36 heavy (non-hydrogen) atoms. The summed E-state index contributed by atoms with van der Waals surface area (Å²) in [6, 6.07) is 20.7.